The molecule has 10 heteroatoms. The first-order chi connectivity index (χ1) is 15.0. The van der Waals surface area contributed by atoms with E-state index >= 15 is 0 Å². The number of hydrogen-bond donors (Lipinski definition) is 0. The molecule has 2 rings (SSSR count). The van der Waals surface area contributed by atoms with Gasteiger partial charge in [-0.3, -0.25) is 9.59 Å². The lowest BCUT2D eigenvalue weighted by molar-refractivity contribution is -0.143. The van der Waals surface area contributed by atoms with Crippen LogP contribution in [0.5, 0.6) is 0 Å². The van der Waals surface area contributed by atoms with Gasteiger partial charge in [0.2, 0.25) is 18.2 Å². The smallest absolute Gasteiger partial charge is 0.306 e. The minimum absolute atomic E-state index is 0.0751. The normalized spacial score (nSPS) is 15.1. The van der Waals surface area contributed by atoms with Gasteiger partial charge in [-0.15, -0.1) is 0 Å². The van der Waals surface area contributed by atoms with E-state index in [0.29, 0.717) is 29.3 Å². The first-order valence-electron chi connectivity index (χ1n) is 10.0. The number of carbonyl (C=O) groups excluding carboxylic acids is 2. The molecule has 2 unspecified atom stereocenters. The highest BCUT2D eigenvalue weighted by molar-refractivity contribution is 7.95. The molecule has 0 amide bonds. The maximum absolute atomic E-state index is 14.1. The Hall–Kier alpha value is -2.41. The fourth-order valence-electron chi connectivity index (χ4n) is 3.85. The van der Waals surface area contributed by atoms with Crippen molar-refractivity contribution in [2.24, 2.45) is 0 Å². The summed E-state index contributed by atoms with van der Waals surface area (Å²) < 4.78 is 96.0. The molecule has 3 nitrogen and oxygen atoms in total. The minimum Gasteiger partial charge on any atom is -0.306 e. The van der Waals surface area contributed by atoms with Crippen LogP contribution in [0.1, 0.15) is 68.8 Å². The maximum Gasteiger partial charge on any atom is 0.417 e. The summed E-state index contributed by atoms with van der Waals surface area (Å²) in [7, 11) is -4.98. The van der Waals surface area contributed by atoms with E-state index in [1.165, 1.54) is 27.7 Å². The van der Waals surface area contributed by atoms with Gasteiger partial charge in [-0.05, 0) is 50.5 Å². The first kappa shape index (κ1) is 26.8. The lowest BCUT2D eigenvalue weighted by atomic mass is 10.0. The summed E-state index contributed by atoms with van der Waals surface area (Å²) >= 11 is 0. The van der Waals surface area contributed by atoms with E-state index in [0.717, 1.165) is 5.56 Å². The van der Waals surface area contributed by atoms with Crippen molar-refractivity contribution >= 4 is 18.2 Å². The third-order valence-electron chi connectivity index (χ3n) is 5.59. The number of aryl methyl sites for hydroxylation is 3. The van der Waals surface area contributed by atoms with Crippen LogP contribution < -0.4 is 0 Å². The summed E-state index contributed by atoms with van der Waals surface area (Å²) in [5.74, 6) is 0. The molecule has 0 fully saturated rings. The van der Waals surface area contributed by atoms with Gasteiger partial charge in [0.15, 0.2) is 0 Å². The highest BCUT2D eigenvalue weighted by Crippen LogP contribution is 2.59. The third-order valence-corrected chi connectivity index (χ3v) is 8.86. The molecule has 0 radical (unpaired) electrons. The van der Waals surface area contributed by atoms with Crippen molar-refractivity contribution in [2.75, 3.05) is 0 Å². The number of benzene rings is 2. The molecule has 0 heterocycles. The van der Waals surface area contributed by atoms with Gasteiger partial charge in [0, 0.05) is 11.2 Å². The molecule has 0 spiro atoms. The zero-order valence-corrected chi connectivity index (χ0v) is 19.5. The van der Waals surface area contributed by atoms with E-state index in [2.05, 4.69) is 0 Å². The Bertz CT molecular complexity index is 1090. The van der Waals surface area contributed by atoms with Crippen LogP contribution in [0.4, 0.5) is 26.3 Å². The van der Waals surface area contributed by atoms with Crippen LogP contribution in [0.25, 0.3) is 0 Å². The second kappa shape index (κ2) is 9.09. The zero-order chi connectivity index (χ0) is 25.5. The van der Waals surface area contributed by atoms with Crippen molar-refractivity contribution in [1.82, 2.24) is 0 Å². The molecule has 2 atom stereocenters. The Kier molecular flexibility index (Phi) is 7.39. The first-order valence-corrected chi connectivity index (χ1v) is 11.8. The quantitative estimate of drug-likeness (QED) is 0.306. The summed E-state index contributed by atoms with van der Waals surface area (Å²) in [6.45, 7) is 7.40. The van der Waals surface area contributed by atoms with Crippen LogP contribution in [0.15, 0.2) is 30.3 Å². The van der Waals surface area contributed by atoms with Crippen molar-refractivity contribution in [1.29, 1.82) is 0 Å². The van der Waals surface area contributed by atoms with Gasteiger partial charge < -0.3 is 4.57 Å². The van der Waals surface area contributed by atoms with E-state index in [-0.39, 0.29) is 12.0 Å². The van der Waals surface area contributed by atoms with E-state index < -0.39 is 52.9 Å². The summed E-state index contributed by atoms with van der Waals surface area (Å²) in [5, 5.41) is 0. The molecule has 0 saturated carbocycles. The van der Waals surface area contributed by atoms with Crippen LogP contribution in [-0.2, 0) is 16.9 Å². The van der Waals surface area contributed by atoms with Gasteiger partial charge in [0.05, 0.1) is 16.7 Å². The van der Waals surface area contributed by atoms with Gasteiger partial charge in [-0.25, -0.2) is 0 Å². The van der Waals surface area contributed by atoms with Gasteiger partial charge in [-0.2, -0.15) is 26.3 Å². The van der Waals surface area contributed by atoms with Gasteiger partial charge >= 0.3 is 12.4 Å². The molecular weight excluding hydrogens is 469 g/mol. The number of carbonyl (C=O) groups is 2. The molecule has 33 heavy (non-hydrogen) atoms. The molecule has 0 N–H and O–H groups in total. The van der Waals surface area contributed by atoms with Crippen LogP contribution in [0.3, 0.4) is 0 Å². The van der Waals surface area contributed by atoms with Crippen LogP contribution >= 0.6 is 7.14 Å². The summed E-state index contributed by atoms with van der Waals surface area (Å²) in [4.78, 5) is 26.9. The molecular formula is C23H23F6O3P. The van der Waals surface area contributed by atoms with E-state index in [1.807, 2.05) is 0 Å². The SMILES string of the molecule is CCC(C)P(=O)(C(=O)c1c(C)cc(C)cc1C)C(=O)c1c(C(F)(F)F)cccc1C(F)(F)F. The zero-order valence-electron chi connectivity index (χ0n) is 18.6. The maximum atomic E-state index is 14.1. The van der Waals surface area contributed by atoms with E-state index in [4.69, 9.17) is 0 Å². The predicted octanol–water partition coefficient (Wildman–Crippen LogP) is 7.79. The topological polar surface area (TPSA) is 51.2 Å². The Morgan fingerprint density at radius 1 is 0.848 bits per heavy atom. The number of hydrogen-bond acceptors (Lipinski definition) is 3. The molecule has 0 aromatic heterocycles. The largest absolute Gasteiger partial charge is 0.417 e. The van der Waals surface area contributed by atoms with Crippen molar-refractivity contribution in [3.05, 3.63) is 69.3 Å². The van der Waals surface area contributed by atoms with Crippen LogP contribution in [-0.4, -0.2) is 16.7 Å². The fourth-order valence-corrected chi connectivity index (χ4v) is 6.61. The van der Waals surface area contributed by atoms with Gasteiger partial charge in [-0.1, -0.05) is 37.6 Å². The average Bonchev–Trinajstić information content (AvgIpc) is 2.69. The highest BCUT2D eigenvalue weighted by Gasteiger charge is 2.51. The average molecular weight is 492 g/mol. The van der Waals surface area contributed by atoms with Crippen LogP contribution in [0.2, 0.25) is 0 Å². The molecule has 180 valence electrons. The molecule has 2 aromatic rings. The summed E-state index contributed by atoms with van der Waals surface area (Å²) in [5.41, 5.74) is -8.71. The monoisotopic (exact) mass is 492 g/mol. The summed E-state index contributed by atoms with van der Waals surface area (Å²) in [6.07, 6.45) is -10.8. The van der Waals surface area contributed by atoms with Crippen molar-refractivity contribution in [2.45, 2.75) is 59.1 Å². The van der Waals surface area contributed by atoms with Crippen molar-refractivity contribution < 1.29 is 40.5 Å². The molecule has 0 aliphatic heterocycles. The third kappa shape index (κ3) is 4.93. The number of alkyl halides is 6. The standard InChI is InChI=1S/C23H23F6O3P/c1-6-15(5)33(32,20(30)18-13(3)10-12(2)11-14(18)4)21(31)19-16(22(24,25)26)8-7-9-17(19)23(27,28)29/h7-11,15H,6H2,1-5H3. The van der Waals surface area contributed by atoms with Gasteiger partial charge in [0.1, 0.15) is 0 Å². The number of rotatable bonds is 6. The Balaban J connectivity index is 2.93. The lowest BCUT2D eigenvalue weighted by Gasteiger charge is -2.26. The lowest BCUT2D eigenvalue weighted by Crippen LogP contribution is -2.26. The highest BCUT2D eigenvalue weighted by atomic mass is 31.2. The Labute approximate surface area is 187 Å². The van der Waals surface area contributed by atoms with E-state index in [1.54, 1.807) is 19.1 Å². The predicted molar refractivity (Wildman–Crippen MR) is 113 cm³/mol. The van der Waals surface area contributed by atoms with Crippen LogP contribution in [0, 0.1) is 20.8 Å². The Morgan fingerprint density at radius 2 is 1.24 bits per heavy atom. The molecule has 2 aromatic carbocycles. The van der Waals surface area contributed by atoms with Crippen molar-refractivity contribution in [3.63, 3.8) is 0 Å². The number of halogens is 6. The second-order valence-corrected chi connectivity index (χ2v) is 11.0. The molecule has 0 aliphatic rings. The van der Waals surface area contributed by atoms with E-state index in [9.17, 15) is 40.5 Å². The minimum atomic E-state index is -5.34. The molecule has 0 aliphatic carbocycles. The second-order valence-electron chi connectivity index (χ2n) is 8.02. The summed E-state index contributed by atoms with van der Waals surface area (Å²) in [6, 6.07) is 4.28. The molecule has 0 bridgehead atoms. The Morgan fingerprint density at radius 3 is 1.61 bits per heavy atom. The molecule has 0 saturated heterocycles. The van der Waals surface area contributed by atoms with Gasteiger partial charge in [0.25, 0.3) is 0 Å². The fraction of sp³-hybridized carbons (Fsp3) is 0.391. The van der Waals surface area contributed by atoms with Crippen molar-refractivity contribution in [3.8, 4) is 0 Å².